The van der Waals surface area contributed by atoms with Crippen molar-refractivity contribution in [1.29, 1.82) is 0 Å². The number of halogens is 1. The van der Waals surface area contributed by atoms with E-state index in [-0.39, 0.29) is 11.8 Å². The highest BCUT2D eigenvalue weighted by Gasteiger charge is 2.18. The van der Waals surface area contributed by atoms with Gasteiger partial charge >= 0.3 is 5.97 Å². The number of rotatable bonds is 40. The van der Waals surface area contributed by atoms with Crippen LogP contribution in [0.1, 0.15) is 244 Å². The second-order valence-corrected chi connectivity index (χ2v) is 17.5. The number of ether oxygens (including phenoxy) is 1. The van der Waals surface area contributed by atoms with Gasteiger partial charge in [0.05, 0.1) is 12.5 Å². The van der Waals surface area contributed by atoms with E-state index in [2.05, 4.69) is 19.2 Å². The van der Waals surface area contributed by atoms with Crippen LogP contribution in [0.4, 0.5) is 4.39 Å². The van der Waals surface area contributed by atoms with Crippen LogP contribution in [0.15, 0.2) is 48.5 Å². The fourth-order valence-corrected chi connectivity index (χ4v) is 8.32. The lowest BCUT2D eigenvalue weighted by Crippen LogP contribution is -2.30. The van der Waals surface area contributed by atoms with Gasteiger partial charge in [0.15, 0.2) is 0 Å². The van der Waals surface area contributed by atoms with E-state index in [0.717, 1.165) is 24.9 Å². The minimum atomic E-state index is -0.484. The molecule has 57 heavy (non-hydrogen) atoms. The Labute approximate surface area is 352 Å². The molecule has 0 saturated heterocycles. The number of nitrogens with one attached hydrogen (secondary N) is 1. The Hall–Kier alpha value is -2.20. The summed E-state index contributed by atoms with van der Waals surface area (Å²) in [4.78, 5) is 12.7. The summed E-state index contributed by atoms with van der Waals surface area (Å²) >= 11 is 0. The topological polar surface area (TPSA) is 38.3 Å². The first-order valence-electron chi connectivity index (χ1n) is 24.8. The maximum absolute atomic E-state index is 14.9. The number of esters is 1. The molecule has 4 heteroatoms. The van der Waals surface area contributed by atoms with Crippen molar-refractivity contribution in [2.75, 3.05) is 13.2 Å². The first kappa shape index (κ1) is 50.9. The van der Waals surface area contributed by atoms with Crippen molar-refractivity contribution in [2.24, 2.45) is 0 Å². The van der Waals surface area contributed by atoms with Crippen molar-refractivity contribution < 1.29 is 13.9 Å². The number of unbranched alkanes of at least 4 members (excludes halogenated alkanes) is 28. The molecule has 1 N–H and O–H groups in total. The summed E-state index contributed by atoms with van der Waals surface area (Å²) in [6, 6.07) is 15.3. The van der Waals surface area contributed by atoms with E-state index in [1.54, 1.807) is 13.0 Å². The Balaban J connectivity index is 1.56. The minimum absolute atomic E-state index is 0.274. The van der Waals surface area contributed by atoms with Crippen LogP contribution in [0.2, 0.25) is 0 Å². The standard InChI is InChI=1S/C53H90FNO2/c1-4-6-8-10-12-14-16-18-20-22-24-27-34-40-50(41-35-28-25-23-21-19-17-15-13-11-9-7-5-2)55-44-36-29-26-30-37-45-57-53(56)47(3)49-42-43-51(52(54)46-49)48-38-32-31-33-39-48/h31-33,38-39,42-43,46-47,50,55H,4-30,34-37,40-41,44-45H2,1-3H3. The molecular formula is C53H90FNO2. The first-order chi connectivity index (χ1) is 28.1. The van der Waals surface area contributed by atoms with Crippen LogP contribution in [0, 0.1) is 5.82 Å². The van der Waals surface area contributed by atoms with E-state index in [1.807, 2.05) is 36.4 Å². The van der Waals surface area contributed by atoms with E-state index in [9.17, 15) is 9.18 Å². The summed E-state index contributed by atoms with van der Waals surface area (Å²) in [5.41, 5.74) is 2.05. The van der Waals surface area contributed by atoms with E-state index >= 15 is 0 Å². The van der Waals surface area contributed by atoms with Gasteiger partial charge in [-0.1, -0.05) is 243 Å². The lowest BCUT2D eigenvalue weighted by atomic mass is 9.97. The molecule has 2 aromatic rings. The Morgan fingerprint density at radius 1 is 0.544 bits per heavy atom. The summed E-state index contributed by atoms with van der Waals surface area (Å²) < 4.78 is 20.5. The predicted octanol–water partition coefficient (Wildman–Crippen LogP) is 17.0. The molecule has 3 nitrogen and oxygen atoms in total. The number of carbonyl (C=O) groups excluding carboxylic acids is 1. The third kappa shape index (κ3) is 27.2. The maximum Gasteiger partial charge on any atom is 0.313 e. The van der Waals surface area contributed by atoms with Crippen molar-refractivity contribution >= 4 is 5.97 Å². The molecule has 0 aliphatic rings. The molecule has 0 bridgehead atoms. The van der Waals surface area contributed by atoms with Crippen LogP contribution in [-0.4, -0.2) is 25.2 Å². The van der Waals surface area contributed by atoms with Gasteiger partial charge < -0.3 is 10.1 Å². The molecular weight excluding hydrogens is 702 g/mol. The van der Waals surface area contributed by atoms with Crippen molar-refractivity contribution in [1.82, 2.24) is 5.32 Å². The van der Waals surface area contributed by atoms with Gasteiger partial charge in [0.25, 0.3) is 0 Å². The largest absolute Gasteiger partial charge is 0.465 e. The zero-order chi connectivity index (χ0) is 40.9. The molecule has 0 fully saturated rings. The second-order valence-electron chi connectivity index (χ2n) is 17.5. The fraction of sp³-hybridized carbons (Fsp3) is 0.755. The Bertz CT molecular complexity index is 1150. The van der Waals surface area contributed by atoms with E-state index in [4.69, 9.17) is 4.74 Å². The van der Waals surface area contributed by atoms with Crippen LogP contribution in [0.25, 0.3) is 11.1 Å². The molecule has 0 saturated carbocycles. The summed E-state index contributed by atoms with van der Waals surface area (Å²) in [7, 11) is 0. The zero-order valence-corrected chi connectivity index (χ0v) is 37.7. The summed E-state index contributed by atoms with van der Waals surface area (Å²) in [5, 5.41) is 3.97. The third-order valence-electron chi connectivity index (χ3n) is 12.2. The van der Waals surface area contributed by atoms with E-state index in [1.165, 1.54) is 205 Å². The number of carbonyl (C=O) groups is 1. The lowest BCUT2D eigenvalue weighted by molar-refractivity contribution is -0.145. The van der Waals surface area contributed by atoms with Gasteiger partial charge in [0.2, 0.25) is 0 Å². The first-order valence-corrected chi connectivity index (χ1v) is 24.8. The number of hydrogen-bond donors (Lipinski definition) is 1. The number of hydrogen-bond acceptors (Lipinski definition) is 3. The quantitative estimate of drug-likeness (QED) is 0.0540. The van der Waals surface area contributed by atoms with Gasteiger partial charge in [-0.05, 0) is 56.3 Å². The predicted molar refractivity (Wildman–Crippen MR) is 247 cm³/mol. The van der Waals surface area contributed by atoms with Crippen molar-refractivity contribution in [3.8, 4) is 11.1 Å². The van der Waals surface area contributed by atoms with Gasteiger partial charge in [-0.3, -0.25) is 4.79 Å². The molecule has 2 aromatic carbocycles. The van der Waals surface area contributed by atoms with Gasteiger partial charge in [0.1, 0.15) is 5.82 Å². The molecule has 0 amide bonds. The monoisotopic (exact) mass is 792 g/mol. The van der Waals surface area contributed by atoms with Gasteiger partial charge in [-0.25, -0.2) is 4.39 Å². The smallest absolute Gasteiger partial charge is 0.313 e. The molecule has 0 spiro atoms. The third-order valence-corrected chi connectivity index (χ3v) is 12.2. The number of benzene rings is 2. The van der Waals surface area contributed by atoms with Gasteiger partial charge in [-0.15, -0.1) is 0 Å². The zero-order valence-electron chi connectivity index (χ0n) is 37.7. The van der Waals surface area contributed by atoms with Crippen LogP contribution in [0.3, 0.4) is 0 Å². The highest BCUT2D eigenvalue weighted by Crippen LogP contribution is 2.27. The lowest BCUT2D eigenvalue weighted by Gasteiger charge is -2.19. The molecule has 0 heterocycles. The highest BCUT2D eigenvalue weighted by atomic mass is 19.1. The second kappa shape index (κ2) is 36.8. The normalized spacial score (nSPS) is 12.1. The molecule has 0 aromatic heterocycles. The van der Waals surface area contributed by atoms with Crippen LogP contribution < -0.4 is 5.32 Å². The summed E-state index contributed by atoms with van der Waals surface area (Å²) in [6.45, 7) is 7.96. The van der Waals surface area contributed by atoms with Crippen LogP contribution in [0.5, 0.6) is 0 Å². The molecule has 1 unspecified atom stereocenters. The van der Waals surface area contributed by atoms with E-state index < -0.39 is 5.92 Å². The Morgan fingerprint density at radius 2 is 0.965 bits per heavy atom. The average molecular weight is 792 g/mol. The van der Waals surface area contributed by atoms with Crippen LogP contribution in [-0.2, 0) is 9.53 Å². The summed E-state index contributed by atoms with van der Waals surface area (Å²) in [5.74, 6) is -1.06. The molecule has 326 valence electrons. The molecule has 1 atom stereocenters. The Kier molecular flexibility index (Phi) is 32.9. The molecule has 0 aliphatic heterocycles. The van der Waals surface area contributed by atoms with Crippen molar-refractivity contribution in [3.63, 3.8) is 0 Å². The molecule has 0 radical (unpaired) electrons. The highest BCUT2D eigenvalue weighted by molar-refractivity contribution is 5.78. The van der Waals surface area contributed by atoms with Crippen LogP contribution >= 0.6 is 0 Å². The van der Waals surface area contributed by atoms with Crippen molar-refractivity contribution in [2.45, 2.75) is 245 Å². The maximum atomic E-state index is 14.9. The van der Waals surface area contributed by atoms with Gasteiger partial charge in [0, 0.05) is 11.6 Å². The summed E-state index contributed by atoms with van der Waals surface area (Å²) in [6.07, 6.45) is 45.1. The minimum Gasteiger partial charge on any atom is -0.465 e. The molecule has 2 rings (SSSR count). The van der Waals surface area contributed by atoms with Gasteiger partial charge in [-0.2, -0.15) is 0 Å². The van der Waals surface area contributed by atoms with Crippen molar-refractivity contribution in [3.05, 3.63) is 59.9 Å². The Morgan fingerprint density at radius 3 is 1.42 bits per heavy atom. The SMILES string of the molecule is CCCCCCCCCCCCCCCC(CCCCCCCCCCCCCCC)NCCCCCCCOC(=O)C(C)c1ccc(-c2ccccc2)c(F)c1. The molecule has 0 aliphatic carbocycles. The fourth-order valence-electron chi connectivity index (χ4n) is 8.32. The average Bonchev–Trinajstić information content (AvgIpc) is 3.23. The van der Waals surface area contributed by atoms with E-state index in [0.29, 0.717) is 23.8 Å².